The fraction of sp³-hybridized carbons (Fsp3) is 0.417. The minimum absolute atomic E-state index is 0.0723. The fourth-order valence-electron chi connectivity index (χ4n) is 5.29. The first-order valence-corrected chi connectivity index (χ1v) is 12.5. The number of hydrogen-bond acceptors (Lipinski definition) is 5. The Bertz CT molecular complexity index is 1210. The molecule has 0 saturated carbocycles. The third-order valence-corrected chi connectivity index (χ3v) is 8.93. The van der Waals surface area contributed by atoms with Gasteiger partial charge in [0.1, 0.15) is 5.41 Å². The molecule has 8 nitrogen and oxygen atoms in total. The molecular formula is C24H27N3O5S. The van der Waals surface area contributed by atoms with Crippen molar-refractivity contribution in [3.63, 3.8) is 0 Å². The summed E-state index contributed by atoms with van der Waals surface area (Å²) in [6, 6.07) is 14.1. The van der Waals surface area contributed by atoms with Gasteiger partial charge in [0.25, 0.3) is 0 Å². The number of carbonyl (C=O) groups is 2. The van der Waals surface area contributed by atoms with Crippen LogP contribution in [0.1, 0.15) is 17.0 Å². The number of hydrogen-bond donors (Lipinski definition) is 0. The number of para-hydroxylation sites is 1. The van der Waals surface area contributed by atoms with Crippen molar-refractivity contribution in [3.8, 4) is 0 Å². The van der Waals surface area contributed by atoms with Crippen LogP contribution >= 0.6 is 0 Å². The lowest BCUT2D eigenvalue weighted by Gasteiger charge is -2.44. The van der Waals surface area contributed by atoms with E-state index in [0.717, 1.165) is 11.1 Å². The predicted molar refractivity (Wildman–Crippen MR) is 122 cm³/mol. The largest absolute Gasteiger partial charge is 0.378 e. The highest BCUT2D eigenvalue weighted by Crippen LogP contribution is 2.53. The molecule has 0 aliphatic carbocycles. The summed E-state index contributed by atoms with van der Waals surface area (Å²) in [6.45, 7) is 3.36. The summed E-state index contributed by atoms with van der Waals surface area (Å²) in [5.74, 6) is -1.24. The molecule has 2 fully saturated rings. The Morgan fingerprint density at radius 2 is 1.73 bits per heavy atom. The van der Waals surface area contributed by atoms with E-state index in [2.05, 4.69) is 0 Å². The van der Waals surface area contributed by atoms with Gasteiger partial charge in [-0.15, -0.1) is 0 Å². The van der Waals surface area contributed by atoms with E-state index in [4.69, 9.17) is 4.74 Å². The van der Waals surface area contributed by atoms with E-state index >= 15 is 0 Å². The molecule has 0 N–H and O–H groups in total. The molecule has 2 aromatic carbocycles. The van der Waals surface area contributed by atoms with Crippen LogP contribution in [0.25, 0.3) is 0 Å². The van der Waals surface area contributed by atoms with Crippen LogP contribution in [-0.4, -0.2) is 75.9 Å². The molecule has 3 aliphatic heterocycles. The summed E-state index contributed by atoms with van der Waals surface area (Å²) in [5.41, 5.74) is 0.988. The lowest BCUT2D eigenvalue weighted by molar-refractivity contribution is -0.153. The number of amides is 2. The SMILES string of the molecule is Cc1ccc(S(=O)(=O)N2CC3c4ccccc4N(C)C(=O)C3(C(=O)N3CCOCC3)C2)cc1. The number of carbonyl (C=O) groups excluding carboxylic acids is 2. The summed E-state index contributed by atoms with van der Waals surface area (Å²) in [7, 11) is -2.24. The highest BCUT2D eigenvalue weighted by molar-refractivity contribution is 7.89. The summed E-state index contributed by atoms with van der Waals surface area (Å²) in [5, 5.41) is 0. The van der Waals surface area contributed by atoms with Gasteiger partial charge in [-0.25, -0.2) is 8.42 Å². The van der Waals surface area contributed by atoms with E-state index in [-0.39, 0.29) is 29.8 Å². The van der Waals surface area contributed by atoms with Crippen molar-refractivity contribution in [1.82, 2.24) is 9.21 Å². The summed E-state index contributed by atoms with van der Waals surface area (Å²) >= 11 is 0. The first kappa shape index (κ1) is 22.1. The first-order chi connectivity index (χ1) is 15.8. The Balaban J connectivity index is 1.63. The van der Waals surface area contributed by atoms with Crippen LogP contribution in [-0.2, 0) is 24.3 Å². The van der Waals surface area contributed by atoms with E-state index in [1.807, 2.05) is 31.2 Å². The molecule has 3 aliphatic rings. The number of morpholine rings is 1. The zero-order chi connectivity index (χ0) is 23.4. The number of aryl methyl sites for hydroxylation is 1. The molecule has 5 rings (SSSR count). The molecule has 33 heavy (non-hydrogen) atoms. The third kappa shape index (κ3) is 3.29. The lowest BCUT2D eigenvalue weighted by atomic mass is 9.69. The van der Waals surface area contributed by atoms with Crippen LogP contribution in [0.15, 0.2) is 53.4 Å². The molecule has 0 spiro atoms. The number of nitrogens with zero attached hydrogens (tertiary/aromatic N) is 3. The van der Waals surface area contributed by atoms with Crippen LogP contribution in [0.3, 0.4) is 0 Å². The monoisotopic (exact) mass is 469 g/mol. The number of sulfonamides is 1. The average molecular weight is 470 g/mol. The van der Waals surface area contributed by atoms with Gasteiger partial charge in [0.05, 0.1) is 18.1 Å². The van der Waals surface area contributed by atoms with E-state index in [1.54, 1.807) is 36.2 Å². The second-order valence-electron chi connectivity index (χ2n) is 8.96. The van der Waals surface area contributed by atoms with Gasteiger partial charge in [0.2, 0.25) is 21.8 Å². The minimum atomic E-state index is -3.89. The lowest BCUT2D eigenvalue weighted by Crippen LogP contribution is -2.60. The number of rotatable bonds is 3. The first-order valence-electron chi connectivity index (χ1n) is 11.1. The molecule has 3 heterocycles. The fourth-order valence-corrected chi connectivity index (χ4v) is 6.79. The van der Waals surface area contributed by atoms with Crippen LogP contribution in [0.2, 0.25) is 0 Å². The second kappa shape index (κ2) is 7.93. The van der Waals surface area contributed by atoms with E-state index in [1.165, 1.54) is 9.21 Å². The van der Waals surface area contributed by atoms with Gasteiger partial charge in [0.15, 0.2) is 0 Å². The van der Waals surface area contributed by atoms with Crippen molar-refractivity contribution in [3.05, 3.63) is 59.7 Å². The Kier molecular flexibility index (Phi) is 5.30. The topological polar surface area (TPSA) is 87.2 Å². The van der Waals surface area contributed by atoms with E-state index in [9.17, 15) is 18.0 Å². The smallest absolute Gasteiger partial charge is 0.244 e. The van der Waals surface area contributed by atoms with Gasteiger partial charge in [-0.2, -0.15) is 4.31 Å². The van der Waals surface area contributed by atoms with E-state index in [0.29, 0.717) is 32.0 Å². The van der Waals surface area contributed by atoms with Gasteiger partial charge in [-0.3, -0.25) is 9.59 Å². The molecule has 2 atom stereocenters. The van der Waals surface area contributed by atoms with Crippen molar-refractivity contribution in [2.45, 2.75) is 17.7 Å². The molecule has 2 amide bonds. The number of ether oxygens (including phenoxy) is 1. The Labute approximate surface area is 193 Å². The van der Waals surface area contributed by atoms with Crippen LogP contribution in [0.5, 0.6) is 0 Å². The summed E-state index contributed by atoms with van der Waals surface area (Å²) in [6.07, 6.45) is 0. The minimum Gasteiger partial charge on any atom is -0.378 e. The maximum atomic E-state index is 14.0. The highest BCUT2D eigenvalue weighted by atomic mass is 32.2. The predicted octanol–water partition coefficient (Wildman–Crippen LogP) is 1.60. The number of anilines is 1. The van der Waals surface area contributed by atoms with Crippen molar-refractivity contribution >= 4 is 27.5 Å². The number of benzene rings is 2. The molecule has 0 bridgehead atoms. The third-order valence-electron chi connectivity index (χ3n) is 7.11. The van der Waals surface area contributed by atoms with Gasteiger partial charge >= 0.3 is 0 Å². The molecule has 2 aromatic rings. The Morgan fingerprint density at radius 1 is 1.06 bits per heavy atom. The normalized spacial score (nSPS) is 25.6. The second-order valence-corrected chi connectivity index (χ2v) is 10.9. The van der Waals surface area contributed by atoms with Crippen LogP contribution in [0, 0.1) is 12.3 Å². The van der Waals surface area contributed by atoms with Crippen LogP contribution in [0.4, 0.5) is 5.69 Å². The van der Waals surface area contributed by atoms with Crippen LogP contribution < -0.4 is 4.90 Å². The molecule has 0 radical (unpaired) electrons. The highest BCUT2D eigenvalue weighted by Gasteiger charge is 2.64. The van der Waals surface area contributed by atoms with E-state index < -0.39 is 21.4 Å². The van der Waals surface area contributed by atoms with Gasteiger partial charge < -0.3 is 14.5 Å². The summed E-state index contributed by atoms with van der Waals surface area (Å²) in [4.78, 5) is 31.2. The molecule has 0 aromatic heterocycles. The van der Waals surface area contributed by atoms with Crippen molar-refractivity contribution in [2.75, 3.05) is 51.3 Å². The molecule has 2 saturated heterocycles. The molecule has 2 unspecified atom stereocenters. The van der Waals surface area contributed by atoms with Gasteiger partial charge in [-0.1, -0.05) is 35.9 Å². The zero-order valence-corrected chi connectivity index (χ0v) is 19.5. The molecular weight excluding hydrogens is 442 g/mol. The quantitative estimate of drug-likeness (QED) is 0.638. The van der Waals surface area contributed by atoms with Crippen molar-refractivity contribution in [2.24, 2.45) is 5.41 Å². The van der Waals surface area contributed by atoms with Gasteiger partial charge in [0, 0.05) is 44.8 Å². The average Bonchev–Trinajstić information content (AvgIpc) is 3.26. The standard InChI is InChI=1S/C24H27N3O5S/c1-17-7-9-18(10-8-17)33(30,31)27-15-20-19-5-3-4-6-21(19)25(2)22(28)24(20,16-27)23(29)26-11-13-32-14-12-26/h3-10,20H,11-16H2,1-2H3. The van der Waals surface area contributed by atoms with Crippen molar-refractivity contribution < 1.29 is 22.7 Å². The van der Waals surface area contributed by atoms with Gasteiger partial charge in [-0.05, 0) is 30.7 Å². The maximum Gasteiger partial charge on any atom is 0.244 e. The molecule has 9 heteroatoms. The Morgan fingerprint density at radius 3 is 2.42 bits per heavy atom. The maximum absolute atomic E-state index is 14.0. The molecule has 174 valence electrons. The zero-order valence-electron chi connectivity index (χ0n) is 18.7. The Hall–Kier alpha value is -2.75. The van der Waals surface area contributed by atoms with Crippen molar-refractivity contribution in [1.29, 1.82) is 0 Å². The summed E-state index contributed by atoms with van der Waals surface area (Å²) < 4.78 is 33.9. The number of fused-ring (bicyclic) bond motifs is 3.